The molecular formula is C20H23ClN4OS. The minimum Gasteiger partial charge on any atom is -0.338 e. The Labute approximate surface area is 168 Å². The third-order valence-electron chi connectivity index (χ3n) is 4.65. The van der Waals surface area contributed by atoms with Crippen LogP contribution in [-0.4, -0.2) is 37.1 Å². The number of rotatable bonds is 7. The van der Waals surface area contributed by atoms with Gasteiger partial charge in [-0.15, -0.1) is 11.3 Å². The van der Waals surface area contributed by atoms with Crippen LogP contribution in [0.3, 0.4) is 0 Å². The lowest BCUT2D eigenvalue weighted by Gasteiger charge is -2.14. The van der Waals surface area contributed by atoms with Gasteiger partial charge in [-0.2, -0.15) is 5.26 Å². The lowest BCUT2D eigenvalue weighted by atomic mass is 10.1. The Bertz CT molecular complexity index is 824. The fourth-order valence-electron chi connectivity index (χ4n) is 3.25. The summed E-state index contributed by atoms with van der Waals surface area (Å²) in [6.07, 6.45) is 4.65. The number of halogens is 1. The molecule has 1 aliphatic rings. The highest BCUT2D eigenvalue weighted by atomic mass is 35.5. The number of hydrogen-bond acceptors (Lipinski definition) is 4. The van der Waals surface area contributed by atoms with Gasteiger partial charge in [0.05, 0.1) is 5.56 Å². The predicted molar refractivity (Wildman–Crippen MR) is 111 cm³/mol. The number of thiophene rings is 1. The van der Waals surface area contributed by atoms with Crippen LogP contribution in [0.5, 0.6) is 0 Å². The maximum absolute atomic E-state index is 12.1. The molecule has 0 saturated carbocycles. The Morgan fingerprint density at radius 1 is 1.30 bits per heavy atom. The van der Waals surface area contributed by atoms with E-state index in [0.29, 0.717) is 22.1 Å². The summed E-state index contributed by atoms with van der Waals surface area (Å²) in [5, 5.41) is 18.2. The molecule has 27 heavy (non-hydrogen) atoms. The van der Waals surface area contributed by atoms with Gasteiger partial charge in [-0.05, 0) is 63.0 Å². The number of nitrogens with zero attached hydrogens (tertiary/aromatic N) is 2. The zero-order valence-electron chi connectivity index (χ0n) is 15.1. The second kappa shape index (κ2) is 9.75. The van der Waals surface area contributed by atoms with Crippen LogP contribution in [0, 0.1) is 11.3 Å². The molecule has 3 rings (SSSR count). The van der Waals surface area contributed by atoms with Gasteiger partial charge in [0.25, 0.3) is 0 Å². The van der Waals surface area contributed by atoms with E-state index in [-0.39, 0.29) is 6.03 Å². The van der Waals surface area contributed by atoms with Crippen molar-refractivity contribution in [1.82, 2.24) is 10.2 Å². The van der Waals surface area contributed by atoms with Gasteiger partial charge in [-0.25, -0.2) is 4.79 Å². The van der Waals surface area contributed by atoms with Gasteiger partial charge in [-0.1, -0.05) is 23.7 Å². The number of unbranched alkanes of at least 4 members (excludes halogenated alkanes) is 1. The van der Waals surface area contributed by atoms with Crippen molar-refractivity contribution in [3.8, 4) is 17.2 Å². The summed E-state index contributed by atoms with van der Waals surface area (Å²) in [4.78, 5) is 14.6. The van der Waals surface area contributed by atoms with Gasteiger partial charge in [0.2, 0.25) is 0 Å². The number of urea groups is 1. The number of benzene rings is 1. The first-order valence-corrected chi connectivity index (χ1v) is 10.5. The number of nitriles is 1. The van der Waals surface area contributed by atoms with Crippen molar-refractivity contribution in [2.45, 2.75) is 25.7 Å². The van der Waals surface area contributed by atoms with Gasteiger partial charge in [-0.3, -0.25) is 5.32 Å². The van der Waals surface area contributed by atoms with Crippen LogP contribution in [0.25, 0.3) is 11.1 Å². The molecule has 2 heterocycles. The topological polar surface area (TPSA) is 68.2 Å². The molecular weight excluding hydrogens is 380 g/mol. The highest BCUT2D eigenvalue weighted by molar-refractivity contribution is 7.15. The summed E-state index contributed by atoms with van der Waals surface area (Å²) in [5.74, 6) is 0. The number of hydrogen-bond donors (Lipinski definition) is 2. The molecule has 0 unspecified atom stereocenters. The third kappa shape index (κ3) is 5.46. The molecule has 0 bridgehead atoms. The van der Waals surface area contributed by atoms with Crippen molar-refractivity contribution in [1.29, 1.82) is 5.26 Å². The number of carbonyl (C=O) groups is 1. The molecule has 2 amide bonds. The lowest BCUT2D eigenvalue weighted by molar-refractivity contribution is 0.251. The van der Waals surface area contributed by atoms with Gasteiger partial charge in [0.15, 0.2) is 0 Å². The van der Waals surface area contributed by atoms with Crippen LogP contribution < -0.4 is 10.6 Å². The van der Waals surface area contributed by atoms with Crippen LogP contribution >= 0.6 is 22.9 Å². The molecule has 0 atom stereocenters. The predicted octanol–water partition coefficient (Wildman–Crippen LogP) is 4.94. The van der Waals surface area contributed by atoms with Crippen molar-refractivity contribution in [2.24, 2.45) is 0 Å². The van der Waals surface area contributed by atoms with Gasteiger partial charge >= 0.3 is 6.03 Å². The van der Waals surface area contributed by atoms with Gasteiger partial charge < -0.3 is 10.2 Å². The standard InChI is InChI=1S/C20H23ClN4OS/c21-16-7-5-6-15(12-16)18-14-27-19(17(18)13-22)24-20(26)23-8-1-2-9-25-10-3-4-11-25/h5-7,12,14H,1-4,8-11H2,(H2,23,24,26). The van der Waals surface area contributed by atoms with E-state index in [9.17, 15) is 10.1 Å². The molecule has 7 heteroatoms. The number of likely N-dealkylation sites (tertiary alicyclic amines) is 1. The second-order valence-electron chi connectivity index (χ2n) is 6.61. The number of nitrogens with one attached hydrogen (secondary N) is 2. The summed E-state index contributed by atoms with van der Waals surface area (Å²) >= 11 is 7.39. The van der Waals surface area contributed by atoms with Gasteiger partial charge in [0.1, 0.15) is 11.1 Å². The molecule has 1 aliphatic heterocycles. The highest BCUT2D eigenvalue weighted by Gasteiger charge is 2.15. The molecule has 1 aromatic carbocycles. The van der Waals surface area contributed by atoms with Crippen molar-refractivity contribution in [2.75, 3.05) is 31.5 Å². The summed E-state index contributed by atoms with van der Waals surface area (Å²) in [5.41, 5.74) is 2.11. The molecule has 1 aromatic heterocycles. The Morgan fingerprint density at radius 3 is 2.85 bits per heavy atom. The number of amides is 2. The fourth-order valence-corrected chi connectivity index (χ4v) is 4.35. The van der Waals surface area contributed by atoms with Crippen LogP contribution in [0.15, 0.2) is 29.6 Å². The summed E-state index contributed by atoms with van der Waals surface area (Å²) in [7, 11) is 0. The van der Waals surface area contributed by atoms with E-state index in [1.54, 1.807) is 6.07 Å². The molecule has 1 saturated heterocycles. The van der Waals surface area contributed by atoms with E-state index in [1.165, 1.54) is 37.3 Å². The highest BCUT2D eigenvalue weighted by Crippen LogP contribution is 2.35. The number of anilines is 1. The second-order valence-corrected chi connectivity index (χ2v) is 7.93. The Kier molecular flexibility index (Phi) is 7.11. The quantitative estimate of drug-likeness (QED) is 0.644. The third-order valence-corrected chi connectivity index (χ3v) is 5.78. The molecule has 142 valence electrons. The molecule has 0 spiro atoms. The minimum absolute atomic E-state index is 0.271. The van der Waals surface area contributed by atoms with E-state index >= 15 is 0 Å². The summed E-state index contributed by atoms with van der Waals surface area (Å²) in [6.45, 7) is 4.15. The van der Waals surface area contributed by atoms with Crippen LogP contribution in [-0.2, 0) is 0 Å². The van der Waals surface area contributed by atoms with Crippen LogP contribution in [0.1, 0.15) is 31.2 Å². The smallest absolute Gasteiger partial charge is 0.319 e. The zero-order chi connectivity index (χ0) is 19.1. The molecule has 0 aliphatic carbocycles. The molecule has 0 radical (unpaired) electrons. The summed E-state index contributed by atoms with van der Waals surface area (Å²) in [6, 6.07) is 9.28. The van der Waals surface area contributed by atoms with Gasteiger partial charge in [0, 0.05) is 22.5 Å². The van der Waals surface area contributed by atoms with E-state index in [0.717, 1.165) is 30.5 Å². The van der Waals surface area contributed by atoms with Crippen LogP contribution in [0.4, 0.5) is 9.80 Å². The van der Waals surface area contributed by atoms with Crippen molar-refractivity contribution < 1.29 is 4.79 Å². The van der Waals surface area contributed by atoms with E-state index in [4.69, 9.17) is 11.6 Å². The average molecular weight is 403 g/mol. The first-order chi connectivity index (χ1) is 13.2. The normalized spacial score (nSPS) is 14.1. The molecule has 5 nitrogen and oxygen atoms in total. The van der Waals surface area contributed by atoms with Crippen molar-refractivity contribution in [3.05, 3.63) is 40.2 Å². The maximum Gasteiger partial charge on any atom is 0.319 e. The maximum atomic E-state index is 12.1. The van der Waals surface area contributed by atoms with Crippen molar-refractivity contribution >= 4 is 34.0 Å². The molecule has 2 aromatic rings. The molecule has 2 N–H and O–H groups in total. The molecule has 1 fully saturated rings. The Balaban J connectivity index is 1.50. The fraction of sp³-hybridized carbons (Fsp3) is 0.400. The Hall–Kier alpha value is -2.07. The minimum atomic E-state index is -0.271. The van der Waals surface area contributed by atoms with E-state index in [1.807, 2.05) is 23.6 Å². The lowest BCUT2D eigenvalue weighted by Crippen LogP contribution is -2.30. The zero-order valence-corrected chi connectivity index (χ0v) is 16.7. The first kappa shape index (κ1) is 19.7. The van der Waals surface area contributed by atoms with E-state index in [2.05, 4.69) is 21.6 Å². The summed E-state index contributed by atoms with van der Waals surface area (Å²) < 4.78 is 0. The SMILES string of the molecule is N#Cc1c(-c2cccc(Cl)c2)csc1NC(=O)NCCCCN1CCCC1. The number of carbonyl (C=O) groups excluding carboxylic acids is 1. The average Bonchev–Trinajstić information content (AvgIpc) is 3.31. The monoisotopic (exact) mass is 402 g/mol. The first-order valence-electron chi connectivity index (χ1n) is 9.22. The largest absolute Gasteiger partial charge is 0.338 e. The van der Waals surface area contributed by atoms with E-state index < -0.39 is 0 Å². The van der Waals surface area contributed by atoms with Crippen molar-refractivity contribution in [3.63, 3.8) is 0 Å². The van der Waals surface area contributed by atoms with Crippen LogP contribution in [0.2, 0.25) is 5.02 Å². The Morgan fingerprint density at radius 2 is 2.11 bits per heavy atom.